The fourth-order valence-electron chi connectivity index (χ4n) is 2.19. The van der Waals surface area contributed by atoms with Gasteiger partial charge in [0.15, 0.2) is 0 Å². The second-order valence-electron chi connectivity index (χ2n) is 4.30. The van der Waals surface area contributed by atoms with E-state index in [0.717, 1.165) is 6.42 Å². The minimum absolute atomic E-state index is 0.324. The van der Waals surface area contributed by atoms with E-state index in [9.17, 15) is 0 Å². The Morgan fingerprint density at radius 1 is 1.29 bits per heavy atom. The maximum absolute atomic E-state index is 3.43. The molecule has 0 aliphatic rings. The number of hydrogen-bond donors (Lipinski definition) is 1. The molecule has 17 heavy (non-hydrogen) atoms. The maximum atomic E-state index is 3.43. The number of aryl methyl sites for hydroxylation is 2. The summed E-state index contributed by atoms with van der Waals surface area (Å²) in [6.07, 6.45) is 1.10. The van der Waals surface area contributed by atoms with Crippen molar-refractivity contribution in [3.8, 4) is 0 Å². The third-order valence-electron chi connectivity index (χ3n) is 3.09. The molecule has 0 aliphatic heterocycles. The van der Waals surface area contributed by atoms with Crippen molar-refractivity contribution in [2.45, 2.75) is 26.3 Å². The SMILES string of the molecule is CCc1ccsc1C(NC)c1cccc(C)c1. The number of benzene rings is 1. The minimum atomic E-state index is 0.324. The van der Waals surface area contributed by atoms with Crippen LogP contribution in [0.3, 0.4) is 0 Å². The number of nitrogens with one attached hydrogen (secondary N) is 1. The molecule has 0 amide bonds. The zero-order chi connectivity index (χ0) is 12.3. The first kappa shape index (κ1) is 12.3. The highest BCUT2D eigenvalue weighted by Gasteiger charge is 2.16. The van der Waals surface area contributed by atoms with Gasteiger partial charge in [0.2, 0.25) is 0 Å². The van der Waals surface area contributed by atoms with Crippen LogP contribution in [0.1, 0.15) is 34.5 Å². The molecule has 1 atom stereocenters. The lowest BCUT2D eigenvalue weighted by Gasteiger charge is -2.17. The predicted octanol–water partition coefficient (Wildman–Crippen LogP) is 3.93. The van der Waals surface area contributed by atoms with E-state index in [1.54, 1.807) is 0 Å². The summed E-state index contributed by atoms with van der Waals surface area (Å²) < 4.78 is 0. The fraction of sp³-hybridized carbons (Fsp3) is 0.333. The third-order valence-corrected chi connectivity index (χ3v) is 4.11. The minimum Gasteiger partial charge on any atom is -0.309 e. The standard InChI is InChI=1S/C15H19NS/c1-4-12-8-9-17-15(12)14(16-3)13-7-5-6-11(2)10-13/h5-10,14,16H,4H2,1-3H3. The average Bonchev–Trinajstić information content (AvgIpc) is 2.78. The molecule has 0 aliphatic carbocycles. The lowest BCUT2D eigenvalue weighted by atomic mass is 10.00. The van der Waals surface area contributed by atoms with E-state index in [0.29, 0.717) is 6.04 Å². The predicted molar refractivity (Wildman–Crippen MR) is 75.8 cm³/mol. The van der Waals surface area contributed by atoms with Crippen LogP contribution in [0.5, 0.6) is 0 Å². The Morgan fingerprint density at radius 3 is 2.76 bits per heavy atom. The molecule has 1 nitrogen and oxygen atoms in total. The van der Waals surface area contributed by atoms with Crippen molar-refractivity contribution in [2.75, 3.05) is 7.05 Å². The monoisotopic (exact) mass is 245 g/mol. The number of rotatable bonds is 4. The summed E-state index contributed by atoms with van der Waals surface area (Å²) in [6.45, 7) is 4.36. The van der Waals surface area contributed by atoms with Gasteiger partial charge in [-0.25, -0.2) is 0 Å². The zero-order valence-electron chi connectivity index (χ0n) is 10.7. The Hall–Kier alpha value is -1.12. The number of hydrogen-bond acceptors (Lipinski definition) is 2. The Bertz CT molecular complexity index is 487. The van der Waals surface area contributed by atoms with Crippen LogP contribution in [0.2, 0.25) is 0 Å². The van der Waals surface area contributed by atoms with Crippen molar-refractivity contribution in [3.63, 3.8) is 0 Å². The molecule has 2 aromatic rings. The molecule has 90 valence electrons. The smallest absolute Gasteiger partial charge is 0.0671 e. The molecule has 1 unspecified atom stereocenters. The first-order chi connectivity index (χ1) is 8.26. The van der Waals surface area contributed by atoms with E-state index in [2.05, 4.69) is 54.9 Å². The van der Waals surface area contributed by atoms with Gasteiger partial charge in [0.25, 0.3) is 0 Å². The average molecular weight is 245 g/mol. The van der Waals surface area contributed by atoms with Crippen molar-refractivity contribution in [3.05, 3.63) is 57.3 Å². The van der Waals surface area contributed by atoms with Gasteiger partial charge < -0.3 is 5.32 Å². The van der Waals surface area contributed by atoms with Gasteiger partial charge in [-0.05, 0) is 43.0 Å². The molecule has 2 rings (SSSR count). The summed E-state index contributed by atoms with van der Waals surface area (Å²) in [5.41, 5.74) is 4.12. The van der Waals surface area contributed by atoms with Crippen LogP contribution in [0, 0.1) is 6.92 Å². The van der Waals surface area contributed by atoms with Gasteiger partial charge in [-0.1, -0.05) is 36.8 Å². The highest BCUT2D eigenvalue weighted by Crippen LogP contribution is 2.30. The first-order valence-electron chi connectivity index (χ1n) is 6.06. The lowest BCUT2D eigenvalue weighted by molar-refractivity contribution is 0.696. The van der Waals surface area contributed by atoms with Crippen LogP contribution in [0.4, 0.5) is 0 Å². The molecule has 1 N–H and O–H groups in total. The molecule has 1 aromatic heterocycles. The van der Waals surface area contributed by atoms with E-state index in [1.807, 2.05) is 18.4 Å². The second-order valence-corrected chi connectivity index (χ2v) is 5.25. The van der Waals surface area contributed by atoms with Crippen LogP contribution in [0.25, 0.3) is 0 Å². The Balaban J connectivity index is 2.40. The van der Waals surface area contributed by atoms with E-state index < -0.39 is 0 Å². The Morgan fingerprint density at radius 2 is 2.12 bits per heavy atom. The van der Waals surface area contributed by atoms with Crippen molar-refractivity contribution in [2.24, 2.45) is 0 Å². The van der Waals surface area contributed by atoms with Crippen molar-refractivity contribution >= 4 is 11.3 Å². The van der Waals surface area contributed by atoms with E-state index >= 15 is 0 Å². The Labute approximate surface area is 108 Å². The van der Waals surface area contributed by atoms with Gasteiger partial charge in [0.1, 0.15) is 0 Å². The number of thiophene rings is 1. The molecular weight excluding hydrogens is 226 g/mol. The van der Waals surface area contributed by atoms with E-state index in [4.69, 9.17) is 0 Å². The molecule has 0 saturated heterocycles. The molecule has 0 saturated carbocycles. The van der Waals surface area contributed by atoms with Gasteiger partial charge >= 0.3 is 0 Å². The normalized spacial score (nSPS) is 12.6. The summed E-state index contributed by atoms with van der Waals surface area (Å²) in [5.74, 6) is 0. The van der Waals surface area contributed by atoms with Gasteiger partial charge in [-0.15, -0.1) is 11.3 Å². The fourth-order valence-corrected chi connectivity index (χ4v) is 3.32. The highest BCUT2D eigenvalue weighted by atomic mass is 32.1. The second kappa shape index (κ2) is 5.48. The largest absolute Gasteiger partial charge is 0.309 e. The first-order valence-corrected chi connectivity index (χ1v) is 6.94. The molecule has 0 spiro atoms. The summed E-state index contributed by atoms with van der Waals surface area (Å²) >= 11 is 1.85. The Kier molecular flexibility index (Phi) is 3.97. The lowest BCUT2D eigenvalue weighted by Crippen LogP contribution is -2.17. The summed E-state index contributed by atoms with van der Waals surface area (Å²) in [4.78, 5) is 1.45. The maximum Gasteiger partial charge on any atom is 0.0671 e. The molecule has 0 bridgehead atoms. The summed E-state index contributed by atoms with van der Waals surface area (Å²) in [5, 5.41) is 5.62. The van der Waals surface area contributed by atoms with Crippen LogP contribution < -0.4 is 5.32 Å². The van der Waals surface area contributed by atoms with Crippen LogP contribution >= 0.6 is 11.3 Å². The zero-order valence-corrected chi connectivity index (χ0v) is 11.5. The van der Waals surface area contributed by atoms with Crippen molar-refractivity contribution < 1.29 is 0 Å². The molecule has 1 heterocycles. The highest BCUT2D eigenvalue weighted by molar-refractivity contribution is 7.10. The molecule has 0 radical (unpaired) electrons. The quantitative estimate of drug-likeness (QED) is 0.860. The van der Waals surface area contributed by atoms with Crippen LogP contribution in [-0.2, 0) is 6.42 Å². The van der Waals surface area contributed by atoms with Gasteiger partial charge in [0, 0.05) is 4.88 Å². The van der Waals surface area contributed by atoms with Crippen LogP contribution in [-0.4, -0.2) is 7.05 Å². The van der Waals surface area contributed by atoms with Crippen LogP contribution in [0.15, 0.2) is 35.7 Å². The molecule has 0 fully saturated rings. The van der Waals surface area contributed by atoms with Crippen molar-refractivity contribution in [1.82, 2.24) is 5.32 Å². The third kappa shape index (κ3) is 2.59. The van der Waals surface area contributed by atoms with Gasteiger partial charge in [-0.2, -0.15) is 0 Å². The summed E-state index contributed by atoms with van der Waals surface area (Å²) in [6, 6.07) is 11.3. The van der Waals surface area contributed by atoms with E-state index in [1.165, 1.54) is 21.6 Å². The van der Waals surface area contributed by atoms with Gasteiger partial charge in [-0.3, -0.25) is 0 Å². The molecule has 2 heteroatoms. The van der Waals surface area contributed by atoms with E-state index in [-0.39, 0.29) is 0 Å². The summed E-state index contributed by atoms with van der Waals surface area (Å²) in [7, 11) is 2.03. The van der Waals surface area contributed by atoms with Gasteiger partial charge in [0.05, 0.1) is 6.04 Å². The topological polar surface area (TPSA) is 12.0 Å². The molecule has 1 aromatic carbocycles. The molecular formula is C15H19NS. The van der Waals surface area contributed by atoms with Crippen molar-refractivity contribution in [1.29, 1.82) is 0 Å².